The first kappa shape index (κ1) is 17.9. The van der Waals surface area contributed by atoms with Crippen molar-refractivity contribution >= 4 is 32.3 Å². The van der Waals surface area contributed by atoms with Crippen molar-refractivity contribution in [1.29, 1.82) is 0 Å². The van der Waals surface area contributed by atoms with Crippen LogP contribution in [-0.4, -0.2) is 28.1 Å². The van der Waals surface area contributed by atoms with Gasteiger partial charge in [0.15, 0.2) is 0 Å². The van der Waals surface area contributed by atoms with E-state index in [1.807, 2.05) is 17.4 Å². The third-order valence-corrected chi connectivity index (χ3v) is 7.21. The van der Waals surface area contributed by atoms with Gasteiger partial charge in [0.1, 0.15) is 0 Å². The molecule has 3 heterocycles. The molecule has 0 atom stereocenters. The van der Waals surface area contributed by atoms with E-state index < -0.39 is 0 Å². The van der Waals surface area contributed by atoms with Crippen molar-refractivity contribution in [2.24, 2.45) is 0 Å². The van der Waals surface area contributed by atoms with Gasteiger partial charge in [-0.2, -0.15) is 0 Å². The highest BCUT2D eigenvalue weighted by Gasteiger charge is 2.20. The van der Waals surface area contributed by atoms with Crippen molar-refractivity contribution in [1.82, 2.24) is 9.88 Å². The maximum atomic E-state index is 9.38. The summed E-state index contributed by atoms with van der Waals surface area (Å²) >= 11 is 1.98. The number of hydrogen-bond acceptors (Lipinski definition) is 3. The van der Waals surface area contributed by atoms with Crippen molar-refractivity contribution in [3.63, 3.8) is 0 Å². The summed E-state index contributed by atoms with van der Waals surface area (Å²) in [6.07, 6.45) is 6.84. The van der Waals surface area contributed by atoms with E-state index in [-0.39, 0.29) is 6.61 Å². The molecule has 1 aliphatic heterocycles. The number of H-pyrrole nitrogens is 1. The molecule has 5 rings (SSSR count). The minimum Gasteiger partial charge on any atom is -0.392 e. The number of aryl methyl sites for hydroxylation is 1. The van der Waals surface area contributed by atoms with Crippen LogP contribution in [0.1, 0.15) is 34.4 Å². The fraction of sp³-hybridized carbons (Fsp3) is 0.333. The molecule has 2 aromatic heterocycles. The lowest BCUT2D eigenvalue weighted by Gasteiger charge is -2.26. The number of aliphatic hydroxyl groups excluding tert-OH is 1. The van der Waals surface area contributed by atoms with Crippen LogP contribution in [0.2, 0.25) is 0 Å². The number of aliphatic hydroxyl groups is 1. The molecule has 0 saturated heterocycles. The quantitative estimate of drug-likeness (QED) is 0.441. The van der Waals surface area contributed by atoms with E-state index in [0.29, 0.717) is 0 Å². The number of hydrogen-bond donors (Lipinski definition) is 2. The van der Waals surface area contributed by atoms with Crippen molar-refractivity contribution in [2.75, 3.05) is 13.1 Å². The van der Waals surface area contributed by atoms with Crippen LogP contribution in [0.3, 0.4) is 0 Å². The summed E-state index contributed by atoms with van der Waals surface area (Å²) < 4.78 is 1.44. The first-order valence-corrected chi connectivity index (χ1v) is 11.0. The fourth-order valence-electron chi connectivity index (χ4n) is 4.48. The van der Waals surface area contributed by atoms with Gasteiger partial charge in [-0.1, -0.05) is 24.3 Å². The Morgan fingerprint density at radius 2 is 2.00 bits per heavy atom. The number of benzene rings is 2. The van der Waals surface area contributed by atoms with Gasteiger partial charge in [-0.3, -0.25) is 4.90 Å². The fourth-order valence-corrected chi connectivity index (χ4v) is 5.77. The molecule has 0 saturated carbocycles. The molecule has 2 aromatic carbocycles. The zero-order valence-corrected chi connectivity index (χ0v) is 16.9. The maximum absolute atomic E-state index is 9.38. The van der Waals surface area contributed by atoms with E-state index >= 15 is 0 Å². The normalized spacial score (nSPS) is 14.8. The average molecular weight is 391 g/mol. The number of unbranched alkanes of at least 4 members (excludes halogenated alkanes) is 1. The summed E-state index contributed by atoms with van der Waals surface area (Å²) in [5.74, 6) is 0. The molecular formula is C24H26N2OS. The predicted molar refractivity (Wildman–Crippen MR) is 118 cm³/mol. The summed E-state index contributed by atoms with van der Waals surface area (Å²) in [5.41, 5.74) is 5.12. The van der Waals surface area contributed by atoms with Gasteiger partial charge in [0.2, 0.25) is 0 Å². The number of thiophene rings is 1. The number of nitrogens with zero attached hydrogens (tertiary/aromatic N) is 1. The molecule has 0 unspecified atom stereocenters. The minimum atomic E-state index is 0.106. The third-order valence-electron chi connectivity index (χ3n) is 6.01. The molecule has 4 heteroatoms. The first-order valence-electron chi connectivity index (χ1n) is 10.2. The van der Waals surface area contributed by atoms with Crippen LogP contribution in [0.15, 0.2) is 48.7 Å². The lowest BCUT2D eigenvalue weighted by atomic mass is 10.0. The van der Waals surface area contributed by atoms with Crippen LogP contribution < -0.4 is 0 Å². The van der Waals surface area contributed by atoms with E-state index in [9.17, 15) is 5.11 Å². The second-order valence-electron chi connectivity index (χ2n) is 7.84. The topological polar surface area (TPSA) is 39.3 Å². The number of fused-ring (bicyclic) bond motifs is 4. The second kappa shape index (κ2) is 7.70. The molecule has 0 spiro atoms. The molecule has 2 N–H and O–H groups in total. The van der Waals surface area contributed by atoms with Crippen molar-refractivity contribution in [3.8, 4) is 0 Å². The Balaban J connectivity index is 1.18. The van der Waals surface area contributed by atoms with Crippen LogP contribution in [-0.2, 0) is 26.0 Å². The lowest BCUT2D eigenvalue weighted by molar-refractivity contribution is 0.253. The van der Waals surface area contributed by atoms with Gasteiger partial charge < -0.3 is 10.1 Å². The Kier molecular flexibility index (Phi) is 4.93. The van der Waals surface area contributed by atoms with Gasteiger partial charge in [-0.15, -0.1) is 11.3 Å². The van der Waals surface area contributed by atoms with E-state index in [1.54, 1.807) is 10.4 Å². The number of aromatic amines is 1. The van der Waals surface area contributed by atoms with Crippen molar-refractivity contribution < 1.29 is 5.11 Å². The summed E-state index contributed by atoms with van der Waals surface area (Å²) in [5, 5.41) is 12.1. The molecule has 0 bridgehead atoms. The summed E-state index contributed by atoms with van der Waals surface area (Å²) in [4.78, 5) is 7.55. The largest absolute Gasteiger partial charge is 0.392 e. The molecule has 0 fully saturated rings. The lowest BCUT2D eigenvalue weighted by Crippen LogP contribution is -2.30. The summed E-state index contributed by atoms with van der Waals surface area (Å²) in [7, 11) is 0. The number of nitrogens with one attached hydrogen (secondary N) is 1. The molecule has 28 heavy (non-hydrogen) atoms. The van der Waals surface area contributed by atoms with Crippen LogP contribution in [0.4, 0.5) is 0 Å². The molecule has 0 aliphatic carbocycles. The third kappa shape index (κ3) is 3.37. The monoisotopic (exact) mass is 390 g/mol. The molecule has 0 radical (unpaired) electrons. The highest BCUT2D eigenvalue weighted by atomic mass is 32.1. The Morgan fingerprint density at radius 1 is 1.07 bits per heavy atom. The van der Waals surface area contributed by atoms with Gasteiger partial charge in [0.25, 0.3) is 0 Å². The predicted octanol–water partition coefficient (Wildman–Crippen LogP) is 5.26. The first-order chi connectivity index (χ1) is 13.8. The smallest absolute Gasteiger partial charge is 0.0682 e. The number of rotatable bonds is 6. The van der Waals surface area contributed by atoms with Crippen molar-refractivity contribution in [2.45, 2.75) is 38.8 Å². The number of aromatic nitrogens is 1. The Morgan fingerprint density at radius 3 is 2.93 bits per heavy atom. The molecule has 4 aromatic rings. The molecule has 1 aliphatic rings. The zero-order chi connectivity index (χ0) is 18.9. The highest BCUT2D eigenvalue weighted by molar-refractivity contribution is 7.19. The van der Waals surface area contributed by atoms with Gasteiger partial charge >= 0.3 is 0 Å². The van der Waals surface area contributed by atoms with Crippen LogP contribution in [0.5, 0.6) is 0 Å². The van der Waals surface area contributed by atoms with Gasteiger partial charge in [0, 0.05) is 39.8 Å². The molecular weight excluding hydrogens is 364 g/mol. The zero-order valence-electron chi connectivity index (χ0n) is 16.1. The van der Waals surface area contributed by atoms with Crippen LogP contribution >= 0.6 is 11.3 Å². The molecule has 144 valence electrons. The van der Waals surface area contributed by atoms with Gasteiger partial charge in [0.05, 0.1) is 6.61 Å². The Bertz CT molecular complexity index is 1110. The highest BCUT2D eigenvalue weighted by Crippen LogP contribution is 2.35. The minimum absolute atomic E-state index is 0.106. The average Bonchev–Trinajstić information content (AvgIpc) is 3.31. The SMILES string of the molecule is OCc1ccc2[nH]cc(CCCCN3CCc4c(sc5ccccc45)C3)c2c1. The van der Waals surface area contributed by atoms with E-state index in [0.717, 1.165) is 18.5 Å². The van der Waals surface area contributed by atoms with E-state index in [2.05, 4.69) is 52.5 Å². The molecule has 0 amide bonds. The van der Waals surface area contributed by atoms with Gasteiger partial charge in [-0.05, 0) is 72.5 Å². The maximum Gasteiger partial charge on any atom is 0.0682 e. The molecule has 3 nitrogen and oxygen atoms in total. The Labute approximate surface area is 169 Å². The second-order valence-corrected chi connectivity index (χ2v) is 8.97. The summed E-state index contributed by atoms with van der Waals surface area (Å²) in [6.45, 7) is 3.58. The Hall–Kier alpha value is -2.14. The summed E-state index contributed by atoms with van der Waals surface area (Å²) in [6, 6.07) is 15.0. The van der Waals surface area contributed by atoms with Crippen LogP contribution in [0.25, 0.3) is 21.0 Å². The van der Waals surface area contributed by atoms with Crippen LogP contribution in [0, 0.1) is 0 Å². The van der Waals surface area contributed by atoms with E-state index in [4.69, 9.17) is 0 Å². The standard InChI is InChI=1S/C24H26N2OS/c27-16-17-8-9-22-21(13-17)18(14-25-22)5-3-4-11-26-12-10-20-19-6-1-2-7-23(19)28-24(20)15-26/h1-2,6-9,13-14,25,27H,3-5,10-12,15-16H2. The van der Waals surface area contributed by atoms with E-state index in [1.165, 1.54) is 58.9 Å². The van der Waals surface area contributed by atoms with Gasteiger partial charge in [-0.25, -0.2) is 0 Å². The van der Waals surface area contributed by atoms with Crippen molar-refractivity contribution in [3.05, 3.63) is 70.2 Å².